The minimum atomic E-state index is -0.253. The van der Waals surface area contributed by atoms with Gasteiger partial charge in [-0.15, -0.1) is 10.2 Å². The first-order valence-corrected chi connectivity index (χ1v) is 7.62. The first-order chi connectivity index (χ1) is 10.8. The van der Waals surface area contributed by atoms with E-state index in [4.69, 9.17) is 0 Å². The molecule has 0 aliphatic rings. The van der Waals surface area contributed by atoms with Crippen LogP contribution in [0.4, 0.5) is 4.39 Å². The van der Waals surface area contributed by atoms with Gasteiger partial charge in [0.25, 0.3) is 0 Å². The number of hydrogen-bond donors (Lipinski definition) is 0. The Balaban J connectivity index is 1.71. The average Bonchev–Trinajstić information content (AvgIpc) is 3.11. The molecule has 0 fully saturated rings. The van der Waals surface area contributed by atoms with Crippen LogP contribution in [0.1, 0.15) is 11.4 Å². The highest BCUT2D eigenvalue weighted by Crippen LogP contribution is 2.25. The van der Waals surface area contributed by atoms with E-state index >= 15 is 0 Å². The molecule has 0 radical (unpaired) electrons. The fraction of sp³-hybridized carbons (Fsp3) is 0.0625. The molecule has 0 aliphatic heterocycles. The SMILES string of the molecule is Fc1ccc(-c2nn3c(Cc4ccccc4)nnc3s2)cc1. The summed E-state index contributed by atoms with van der Waals surface area (Å²) >= 11 is 1.44. The molecule has 0 saturated heterocycles. The van der Waals surface area contributed by atoms with Crippen LogP contribution in [0.15, 0.2) is 54.6 Å². The summed E-state index contributed by atoms with van der Waals surface area (Å²) in [7, 11) is 0. The topological polar surface area (TPSA) is 43.1 Å². The van der Waals surface area contributed by atoms with E-state index in [9.17, 15) is 4.39 Å². The molecule has 0 aliphatic carbocycles. The van der Waals surface area contributed by atoms with Crippen molar-refractivity contribution in [2.45, 2.75) is 6.42 Å². The first-order valence-electron chi connectivity index (χ1n) is 6.80. The summed E-state index contributed by atoms with van der Waals surface area (Å²) in [5.74, 6) is 0.544. The van der Waals surface area contributed by atoms with Crippen molar-refractivity contribution in [1.82, 2.24) is 19.8 Å². The second-order valence-electron chi connectivity index (χ2n) is 4.89. The number of hydrogen-bond acceptors (Lipinski definition) is 4. The molecule has 4 nitrogen and oxygen atoms in total. The van der Waals surface area contributed by atoms with E-state index in [0.29, 0.717) is 6.42 Å². The van der Waals surface area contributed by atoms with Crippen molar-refractivity contribution in [2.75, 3.05) is 0 Å². The first kappa shape index (κ1) is 13.1. The van der Waals surface area contributed by atoms with Crippen molar-refractivity contribution >= 4 is 16.3 Å². The maximum Gasteiger partial charge on any atom is 0.234 e. The fourth-order valence-corrected chi connectivity index (χ4v) is 3.12. The smallest absolute Gasteiger partial charge is 0.207 e. The van der Waals surface area contributed by atoms with Crippen molar-refractivity contribution in [1.29, 1.82) is 0 Å². The molecule has 0 saturated carbocycles. The van der Waals surface area contributed by atoms with Gasteiger partial charge < -0.3 is 0 Å². The van der Waals surface area contributed by atoms with E-state index in [-0.39, 0.29) is 5.82 Å². The van der Waals surface area contributed by atoms with Crippen molar-refractivity contribution in [2.24, 2.45) is 0 Å². The number of aromatic nitrogens is 4. The van der Waals surface area contributed by atoms with Crippen LogP contribution in [0.5, 0.6) is 0 Å². The van der Waals surface area contributed by atoms with Crippen molar-refractivity contribution < 1.29 is 4.39 Å². The van der Waals surface area contributed by atoms with Crippen molar-refractivity contribution in [3.8, 4) is 10.6 Å². The largest absolute Gasteiger partial charge is 0.234 e. The molecule has 4 aromatic rings. The quantitative estimate of drug-likeness (QED) is 0.581. The highest BCUT2D eigenvalue weighted by molar-refractivity contribution is 7.19. The Morgan fingerprint density at radius 1 is 0.955 bits per heavy atom. The molecule has 0 N–H and O–H groups in total. The van der Waals surface area contributed by atoms with E-state index in [1.165, 1.54) is 23.5 Å². The van der Waals surface area contributed by atoms with Crippen molar-refractivity contribution in [3.05, 3.63) is 71.8 Å². The van der Waals surface area contributed by atoms with E-state index < -0.39 is 0 Å². The zero-order valence-corrected chi connectivity index (χ0v) is 12.3. The average molecular weight is 310 g/mol. The number of halogens is 1. The van der Waals surface area contributed by atoms with Crippen LogP contribution in [-0.2, 0) is 6.42 Å². The molecule has 2 aromatic carbocycles. The lowest BCUT2D eigenvalue weighted by molar-refractivity contribution is 0.628. The predicted molar refractivity (Wildman–Crippen MR) is 83.3 cm³/mol. The van der Waals surface area contributed by atoms with Crippen molar-refractivity contribution in [3.63, 3.8) is 0 Å². The van der Waals surface area contributed by atoms with Crippen LogP contribution in [-0.4, -0.2) is 19.8 Å². The molecule has 0 unspecified atom stereocenters. The van der Waals surface area contributed by atoms with Gasteiger partial charge in [0, 0.05) is 12.0 Å². The molecule has 6 heteroatoms. The highest BCUT2D eigenvalue weighted by Gasteiger charge is 2.13. The predicted octanol–water partition coefficient (Wildman–Crippen LogP) is 3.58. The van der Waals surface area contributed by atoms with Gasteiger partial charge in [0.1, 0.15) is 10.8 Å². The summed E-state index contributed by atoms with van der Waals surface area (Å²) in [5.41, 5.74) is 2.04. The second kappa shape index (κ2) is 5.31. The van der Waals surface area contributed by atoms with Gasteiger partial charge in [-0.25, -0.2) is 4.39 Å². The molecular formula is C16H11FN4S. The minimum absolute atomic E-state index is 0.253. The van der Waals surface area contributed by atoms with E-state index in [2.05, 4.69) is 15.3 Å². The number of fused-ring (bicyclic) bond motifs is 1. The zero-order valence-electron chi connectivity index (χ0n) is 11.5. The van der Waals surface area contributed by atoms with Gasteiger partial charge in [0.15, 0.2) is 5.82 Å². The lowest BCUT2D eigenvalue weighted by atomic mass is 10.1. The Bertz CT molecular complexity index is 912. The van der Waals surface area contributed by atoms with E-state index in [1.54, 1.807) is 16.6 Å². The molecule has 0 spiro atoms. The molecule has 2 heterocycles. The molecule has 0 atom stereocenters. The Labute approximate surface area is 129 Å². The summed E-state index contributed by atoms with van der Waals surface area (Å²) in [5, 5.41) is 13.7. The van der Waals surface area contributed by atoms with Crippen LogP contribution in [0.2, 0.25) is 0 Å². The molecule has 4 rings (SSSR count). The standard InChI is InChI=1S/C16H11FN4S/c17-13-8-6-12(7-9-13)15-20-21-14(18-19-16(21)22-15)10-11-4-2-1-3-5-11/h1-9H,10H2. The number of rotatable bonds is 3. The minimum Gasteiger partial charge on any atom is -0.207 e. The molecule has 22 heavy (non-hydrogen) atoms. The Kier molecular flexibility index (Phi) is 3.16. The van der Waals surface area contributed by atoms with Gasteiger partial charge in [-0.2, -0.15) is 9.61 Å². The van der Waals surface area contributed by atoms with Gasteiger partial charge in [-0.3, -0.25) is 0 Å². The number of benzene rings is 2. The zero-order chi connectivity index (χ0) is 14.9. The maximum atomic E-state index is 13.0. The van der Waals surface area contributed by atoms with Crippen LogP contribution in [0, 0.1) is 5.82 Å². The Hall–Kier alpha value is -2.60. The summed E-state index contributed by atoms with van der Waals surface area (Å²) in [6, 6.07) is 16.4. The van der Waals surface area contributed by atoms with Gasteiger partial charge in [-0.05, 0) is 29.8 Å². The van der Waals surface area contributed by atoms with E-state index in [1.807, 2.05) is 30.3 Å². The summed E-state index contributed by atoms with van der Waals surface area (Å²) in [6.07, 6.45) is 0.675. The molecule has 0 amide bonds. The third-order valence-electron chi connectivity index (χ3n) is 3.35. The lowest BCUT2D eigenvalue weighted by Crippen LogP contribution is -1.97. The third kappa shape index (κ3) is 2.37. The molecule has 0 bridgehead atoms. The second-order valence-corrected chi connectivity index (χ2v) is 5.84. The van der Waals surface area contributed by atoms with Gasteiger partial charge in [-0.1, -0.05) is 41.7 Å². The van der Waals surface area contributed by atoms with Crippen LogP contribution < -0.4 is 0 Å². The van der Waals surface area contributed by atoms with Gasteiger partial charge in [0.05, 0.1) is 0 Å². The van der Waals surface area contributed by atoms with Gasteiger partial charge >= 0.3 is 0 Å². The lowest BCUT2D eigenvalue weighted by Gasteiger charge is -1.97. The number of nitrogens with zero attached hydrogens (tertiary/aromatic N) is 4. The fourth-order valence-electron chi connectivity index (χ4n) is 2.26. The van der Waals surface area contributed by atoms with Gasteiger partial charge in [0.2, 0.25) is 4.96 Å². The van der Waals surface area contributed by atoms with Crippen LogP contribution in [0.25, 0.3) is 15.5 Å². The Morgan fingerprint density at radius 3 is 2.50 bits per heavy atom. The maximum absolute atomic E-state index is 13.0. The van der Waals surface area contributed by atoms with Crippen LogP contribution >= 0.6 is 11.3 Å². The molecular weight excluding hydrogens is 299 g/mol. The normalized spacial score (nSPS) is 11.1. The Morgan fingerprint density at radius 2 is 1.73 bits per heavy atom. The monoisotopic (exact) mass is 310 g/mol. The molecule has 108 valence electrons. The molecule has 2 aromatic heterocycles. The highest BCUT2D eigenvalue weighted by atomic mass is 32.1. The third-order valence-corrected chi connectivity index (χ3v) is 4.30. The van der Waals surface area contributed by atoms with Crippen LogP contribution in [0.3, 0.4) is 0 Å². The summed E-state index contributed by atoms with van der Waals surface area (Å²) in [6.45, 7) is 0. The van der Waals surface area contributed by atoms with E-state index in [0.717, 1.165) is 26.9 Å². The summed E-state index contributed by atoms with van der Waals surface area (Å²) in [4.78, 5) is 0.741. The summed E-state index contributed by atoms with van der Waals surface area (Å²) < 4.78 is 14.8.